The smallest absolute Gasteiger partial charge is 0.123 e. The topological polar surface area (TPSA) is 20.5 Å². The minimum atomic E-state index is -0.176. The van der Waals surface area contributed by atoms with Crippen molar-refractivity contribution in [3.8, 4) is 0 Å². The van der Waals surface area contributed by atoms with Crippen LogP contribution in [0.5, 0.6) is 0 Å². The molecule has 1 fully saturated rings. The van der Waals surface area contributed by atoms with Gasteiger partial charge in [-0.2, -0.15) is 0 Å². The minimum Gasteiger partial charge on any atom is -0.304 e. The molecule has 3 aromatic rings. The number of fused-ring (bicyclic) bond motifs is 1. The second-order valence-corrected chi connectivity index (χ2v) is 5.89. The van der Waals surface area contributed by atoms with Crippen molar-refractivity contribution in [3.63, 3.8) is 0 Å². The number of hydrogen-bond acceptors (Lipinski definition) is 2. The number of aromatic nitrogens is 2. The number of halogens is 1. The van der Waals surface area contributed by atoms with E-state index in [9.17, 15) is 4.39 Å². The van der Waals surface area contributed by atoms with E-state index in [0.717, 1.165) is 31.0 Å². The molecule has 4 rings (SSSR count). The molecule has 0 aliphatic carbocycles. The summed E-state index contributed by atoms with van der Waals surface area (Å²) >= 11 is 0. The molecule has 0 saturated carbocycles. The van der Waals surface area contributed by atoms with Crippen LogP contribution in [0.25, 0.3) is 5.52 Å². The Morgan fingerprint density at radius 3 is 2.73 bits per heavy atom. The zero-order valence-electron chi connectivity index (χ0n) is 12.5. The average molecular weight is 295 g/mol. The van der Waals surface area contributed by atoms with Crippen molar-refractivity contribution in [1.82, 2.24) is 14.3 Å². The van der Waals surface area contributed by atoms with Crippen molar-refractivity contribution in [1.29, 1.82) is 0 Å². The van der Waals surface area contributed by atoms with Crippen LogP contribution in [0.3, 0.4) is 0 Å². The molecule has 0 radical (unpaired) electrons. The average Bonchev–Trinajstić information content (AvgIpc) is 2.83. The normalized spacial score (nSPS) is 18.5. The van der Waals surface area contributed by atoms with Crippen LogP contribution in [-0.2, 0) is 6.54 Å². The summed E-state index contributed by atoms with van der Waals surface area (Å²) in [5, 5.41) is 0. The monoisotopic (exact) mass is 295 g/mol. The van der Waals surface area contributed by atoms with Gasteiger partial charge in [0.2, 0.25) is 0 Å². The van der Waals surface area contributed by atoms with Crippen LogP contribution in [0, 0.1) is 12.7 Å². The molecule has 0 amide bonds. The first-order valence-electron chi connectivity index (χ1n) is 7.64. The van der Waals surface area contributed by atoms with E-state index in [1.807, 2.05) is 31.2 Å². The SMILES string of the molecule is Cc1nc(CN2CCC2c2ccc(F)cc2)c2ccccn12. The summed E-state index contributed by atoms with van der Waals surface area (Å²) < 4.78 is 15.2. The summed E-state index contributed by atoms with van der Waals surface area (Å²) in [6.07, 6.45) is 3.17. The number of nitrogens with zero attached hydrogens (tertiary/aromatic N) is 3. The Morgan fingerprint density at radius 1 is 1.18 bits per heavy atom. The molecule has 3 nitrogen and oxygen atoms in total. The maximum Gasteiger partial charge on any atom is 0.123 e. The van der Waals surface area contributed by atoms with Gasteiger partial charge < -0.3 is 4.40 Å². The Morgan fingerprint density at radius 2 is 2.00 bits per heavy atom. The fraction of sp³-hybridized carbons (Fsp3) is 0.278. The van der Waals surface area contributed by atoms with E-state index in [1.165, 1.54) is 11.1 Å². The van der Waals surface area contributed by atoms with Crippen molar-refractivity contribution in [2.45, 2.75) is 25.9 Å². The third-order valence-electron chi connectivity index (χ3n) is 4.54. The highest BCUT2D eigenvalue weighted by atomic mass is 19.1. The second-order valence-electron chi connectivity index (χ2n) is 5.89. The molecule has 1 atom stereocenters. The van der Waals surface area contributed by atoms with Crippen molar-refractivity contribution in [2.75, 3.05) is 6.54 Å². The zero-order valence-corrected chi connectivity index (χ0v) is 12.5. The third-order valence-corrected chi connectivity index (χ3v) is 4.54. The molecule has 1 aliphatic rings. The van der Waals surface area contributed by atoms with Crippen molar-refractivity contribution in [2.24, 2.45) is 0 Å². The van der Waals surface area contributed by atoms with Crippen LogP contribution in [0.4, 0.5) is 4.39 Å². The lowest BCUT2D eigenvalue weighted by atomic mass is 9.94. The molecule has 1 aromatic carbocycles. The van der Waals surface area contributed by atoms with Crippen LogP contribution in [0.2, 0.25) is 0 Å². The van der Waals surface area contributed by atoms with Crippen molar-refractivity contribution in [3.05, 3.63) is 71.6 Å². The van der Waals surface area contributed by atoms with Gasteiger partial charge in [0.1, 0.15) is 11.6 Å². The van der Waals surface area contributed by atoms with Gasteiger partial charge in [0, 0.05) is 25.3 Å². The predicted octanol–water partition coefficient (Wildman–Crippen LogP) is 3.73. The molecular weight excluding hydrogens is 277 g/mol. The van der Waals surface area contributed by atoms with Gasteiger partial charge in [-0.25, -0.2) is 9.37 Å². The van der Waals surface area contributed by atoms with Crippen LogP contribution in [-0.4, -0.2) is 20.8 Å². The molecule has 22 heavy (non-hydrogen) atoms. The highest BCUT2D eigenvalue weighted by Crippen LogP contribution is 2.34. The van der Waals surface area contributed by atoms with E-state index >= 15 is 0 Å². The maximum absolute atomic E-state index is 13.1. The van der Waals surface area contributed by atoms with Crippen molar-refractivity contribution < 1.29 is 4.39 Å². The molecule has 1 aliphatic heterocycles. The molecule has 0 spiro atoms. The van der Waals surface area contributed by atoms with E-state index in [2.05, 4.69) is 21.6 Å². The van der Waals surface area contributed by atoms with Gasteiger partial charge in [-0.15, -0.1) is 0 Å². The molecule has 0 bridgehead atoms. The molecule has 4 heteroatoms. The van der Waals surface area contributed by atoms with Crippen LogP contribution in [0.15, 0.2) is 48.7 Å². The molecule has 2 aromatic heterocycles. The van der Waals surface area contributed by atoms with E-state index in [0.29, 0.717) is 6.04 Å². The lowest BCUT2D eigenvalue weighted by molar-refractivity contribution is 0.0810. The van der Waals surface area contributed by atoms with E-state index in [4.69, 9.17) is 4.98 Å². The standard InChI is InChI=1S/C18H18FN3/c1-13-20-16(18-4-2-3-10-22(13)18)12-21-11-9-17(21)14-5-7-15(19)8-6-14/h2-8,10,17H,9,11-12H2,1H3. The number of likely N-dealkylation sites (tertiary alicyclic amines) is 1. The summed E-state index contributed by atoms with van der Waals surface area (Å²) in [7, 11) is 0. The van der Waals surface area contributed by atoms with Crippen LogP contribution in [0.1, 0.15) is 29.5 Å². The number of aryl methyl sites for hydroxylation is 1. The Labute approximate surface area is 129 Å². The molecular formula is C18H18FN3. The summed E-state index contributed by atoms with van der Waals surface area (Å²) in [5.74, 6) is 0.842. The molecule has 3 heterocycles. The summed E-state index contributed by atoms with van der Waals surface area (Å²) in [6, 6.07) is 13.4. The Bertz CT molecular complexity index is 807. The Hall–Kier alpha value is -2.20. The number of pyridine rings is 1. The van der Waals surface area contributed by atoms with Crippen LogP contribution >= 0.6 is 0 Å². The number of hydrogen-bond donors (Lipinski definition) is 0. The quantitative estimate of drug-likeness (QED) is 0.734. The van der Waals surface area contributed by atoms with Gasteiger partial charge in [-0.05, 0) is 43.2 Å². The number of benzene rings is 1. The first-order chi connectivity index (χ1) is 10.7. The summed E-state index contributed by atoms with van der Waals surface area (Å²) in [6.45, 7) is 3.93. The van der Waals surface area contributed by atoms with Gasteiger partial charge in [0.15, 0.2) is 0 Å². The predicted molar refractivity (Wildman–Crippen MR) is 84.1 cm³/mol. The van der Waals surface area contributed by atoms with Gasteiger partial charge in [-0.1, -0.05) is 18.2 Å². The van der Waals surface area contributed by atoms with Crippen LogP contribution < -0.4 is 0 Å². The Balaban J connectivity index is 1.59. The third kappa shape index (κ3) is 2.20. The summed E-state index contributed by atoms with van der Waals surface area (Å²) in [4.78, 5) is 7.12. The summed E-state index contributed by atoms with van der Waals surface area (Å²) in [5.41, 5.74) is 3.47. The Kier molecular flexibility index (Phi) is 3.19. The fourth-order valence-corrected chi connectivity index (χ4v) is 3.27. The highest BCUT2D eigenvalue weighted by molar-refractivity contribution is 5.53. The van der Waals surface area contributed by atoms with E-state index in [1.54, 1.807) is 12.1 Å². The minimum absolute atomic E-state index is 0.176. The first-order valence-corrected chi connectivity index (χ1v) is 7.64. The zero-order chi connectivity index (χ0) is 15.1. The number of rotatable bonds is 3. The second kappa shape index (κ2) is 5.21. The molecule has 1 saturated heterocycles. The van der Waals surface area contributed by atoms with E-state index in [-0.39, 0.29) is 5.82 Å². The fourth-order valence-electron chi connectivity index (χ4n) is 3.27. The van der Waals surface area contributed by atoms with Gasteiger partial charge in [-0.3, -0.25) is 4.90 Å². The molecule has 1 unspecified atom stereocenters. The van der Waals surface area contributed by atoms with E-state index < -0.39 is 0 Å². The maximum atomic E-state index is 13.1. The van der Waals surface area contributed by atoms with Crippen molar-refractivity contribution >= 4 is 5.52 Å². The highest BCUT2D eigenvalue weighted by Gasteiger charge is 2.30. The lowest BCUT2D eigenvalue weighted by Gasteiger charge is -2.41. The molecule has 112 valence electrons. The lowest BCUT2D eigenvalue weighted by Crippen LogP contribution is -2.40. The molecule has 0 N–H and O–H groups in total. The van der Waals surface area contributed by atoms with Gasteiger partial charge >= 0.3 is 0 Å². The largest absolute Gasteiger partial charge is 0.304 e. The van der Waals surface area contributed by atoms with Gasteiger partial charge in [0.05, 0.1) is 11.2 Å². The van der Waals surface area contributed by atoms with Gasteiger partial charge in [0.25, 0.3) is 0 Å². The first kappa shape index (κ1) is 13.5. The number of imidazole rings is 1.